The summed E-state index contributed by atoms with van der Waals surface area (Å²) in [6.45, 7) is 7.54. The van der Waals surface area contributed by atoms with Gasteiger partial charge in [0.05, 0.1) is 11.6 Å². The molecule has 6 nitrogen and oxygen atoms in total. The van der Waals surface area contributed by atoms with Gasteiger partial charge in [-0.25, -0.2) is 4.79 Å². The van der Waals surface area contributed by atoms with E-state index in [1.165, 1.54) is 0 Å². The lowest BCUT2D eigenvalue weighted by Gasteiger charge is -2.40. The van der Waals surface area contributed by atoms with E-state index < -0.39 is 16.4 Å². The molecule has 32 heavy (non-hydrogen) atoms. The van der Waals surface area contributed by atoms with Crippen LogP contribution < -0.4 is 4.90 Å². The zero-order valence-electron chi connectivity index (χ0n) is 19.2. The lowest BCUT2D eigenvalue weighted by atomic mass is 10.0. The van der Waals surface area contributed by atoms with Crippen molar-refractivity contribution in [2.45, 2.75) is 56.7 Å². The standard InChI is InChI=1S/C25H31N3O3S/c1-25(2,3)31-24(29)27-14-12-22(13-15-27)28(18-20-7-5-6-19(16-20)17-26)21-8-10-23(11-9-21)32(4)30/h5-11,16,22H,12-15,18H2,1-4H3. The first-order chi connectivity index (χ1) is 15.2. The predicted molar refractivity (Wildman–Crippen MR) is 127 cm³/mol. The minimum atomic E-state index is -1.03. The largest absolute Gasteiger partial charge is 0.444 e. The summed E-state index contributed by atoms with van der Waals surface area (Å²) in [7, 11) is -1.03. The Balaban J connectivity index is 1.79. The van der Waals surface area contributed by atoms with Crippen LogP contribution in [0.3, 0.4) is 0 Å². The third kappa shape index (κ3) is 6.33. The number of likely N-dealkylation sites (tertiary alicyclic amines) is 1. The maximum atomic E-state index is 12.5. The Labute approximate surface area is 193 Å². The summed E-state index contributed by atoms with van der Waals surface area (Å²) in [5.41, 5.74) is 2.23. The minimum Gasteiger partial charge on any atom is -0.444 e. The smallest absolute Gasteiger partial charge is 0.410 e. The van der Waals surface area contributed by atoms with Gasteiger partial charge in [0.2, 0.25) is 0 Å². The van der Waals surface area contributed by atoms with Crippen molar-refractivity contribution in [1.82, 2.24) is 4.90 Å². The summed E-state index contributed by atoms with van der Waals surface area (Å²) in [5, 5.41) is 9.26. The SMILES string of the molecule is CS(=O)c1ccc(N(Cc2cccc(C#N)c2)C2CCN(C(=O)OC(C)(C)C)CC2)cc1. The molecular formula is C25H31N3O3S. The number of hydrogen-bond acceptors (Lipinski definition) is 5. The average Bonchev–Trinajstić information content (AvgIpc) is 2.76. The Morgan fingerprint density at radius 2 is 1.84 bits per heavy atom. The quantitative estimate of drug-likeness (QED) is 0.656. The number of benzene rings is 2. The molecule has 7 heteroatoms. The van der Waals surface area contributed by atoms with E-state index in [1.807, 2.05) is 63.2 Å². The van der Waals surface area contributed by atoms with Gasteiger partial charge >= 0.3 is 6.09 Å². The number of rotatable bonds is 5. The molecule has 1 unspecified atom stereocenters. The highest BCUT2D eigenvalue weighted by molar-refractivity contribution is 7.84. The second kappa shape index (κ2) is 10.2. The normalized spacial score (nSPS) is 15.7. The van der Waals surface area contributed by atoms with Crippen molar-refractivity contribution in [1.29, 1.82) is 5.26 Å². The van der Waals surface area contributed by atoms with E-state index in [4.69, 9.17) is 4.74 Å². The fourth-order valence-electron chi connectivity index (χ4n) is 3.88. The number of ether oxygens (including phenoxy) is 1. The van der Waals surface area contributed by atoms with E-state index in [-0.39, 0.29) is 12.1 Å². The molecule has 1 heterocycles. The Kier molecular flexibility index (Phi) is 7.57. The third-order valence-corrected chi connectivity index (χ3v) is 6.40. The maximum Gasteiger partial charge on any atom is 0.410 e. The van der Waals surface area contributed by atoms with Gasteiger partial charge < -0.3 is 14.5 Å². The van der Waals surface area contributed by atoms with Crippen LogP contribution in [0.25, 0.3) is 0 Å². The number of nitrogens with zero attached hydrogens (tertiary/aromatic N) is 3. The van der Waals surface area contributed by atoms with Crippen LogP contribution in [0, 0.1) is 11.3 Å². The Hall–Kier alpha value is -2.85. The van der Waals surface area contributed by atoms with Gasteiger partial charge in [-0.1, -0.05) is 12.1 Å². The number of piperidine rings is 1. The molecule has 170 valence electrons. The van der Waals surface area contributed by atoms with E-state index in [9.17, 15) is 14.3 Å². The molecule has 1 fully saturated rings. The molecule has 0 bridgehead atoms. The fraction of sp³-hybridized carbons (Fsp3) is 0.440. The van der Waals surface area contributed by atoms with Crippen LogP contribution in [-0.2, 0) is 22.1 Å². The second-order valence-corrected chi connectivity index (χ2v) is 10.5. The number of anilines is 1. The van der Waals surface area contributed by atoms with Crippen molar-refractivity contribution in [3.8, 4) is 6.07 Å². The van der Waals surface area contributed by atoms with Crippen LogP contribution in [-0.4, -0.2) is 46.2 Å². The van der Waals surface area contributed by atoms with Gasteiger partial charge in [0.25, 0.3) is 0 Å². The molecule has 2 aromatic rings. The number of carbonyl (C=O) groups excluding carboxylic acids is 1. The summed E-state index contributed by atoms with van der Waals surface area (Å²) >= 11 is 0. The first kappa shape index (κ1) is 23.8. The highest BCUT2D eigenvalue weighted by Gasteiger charge is 2.30. The summed E-state index contributed by atoms with van der Waals surface area (Å²) in [4.78, 5) is 17.3. The zero-order valence-corrected chi connectivity index (χ0v) is 20.0. The molecule has 1 atom stereocenters. The van der Waals surface area contributed by atoms with Crippen LogP contribution in [0.15, 0.2) is 53.4 Å². The van der Waals surface area contributed by atoms with E-state index in [0.717, 1.165) is 29.0 Å². The third-order valence-electron chi connectivity index (χ3n) is 5.47. The van der Waals surface area contributed by atoms with Crippen molar-refractivity contribution in [2.24, 2.45) is 0 Å². The number of nitriles is 1. The van der Waals surface area contributed by atoms with Crippen molar-refractivity contribution in [3.05, 3.63) is 59.7 Å². The fourth-order valence-corrected chi connectivity index (χ4v) is 4.40. The van der Waals surface area contributed by atoms with E-state index in [2.05, 4.69) is 11.0 Å². The molecule has 0 N–H and O–H groups in total. The molecule has 0 aromatic heterocycles. The second-order valence-electron chi connectivity index (χ2n) is 9.09. The average molecular weight is 454 g/mol. The molecule has 3 rings (SSSR count). The Bertz CT molecular complexity index is 1000. The first-order valence-electron chi connectivity index (χ1n) is 10.8. The number of amides is 1. The summed E-state index contributed by atoms with van der Waals surface area (Å²) in [6.07, 6.45) is 3.04. The van der Waals surface area contributed by atoms with Gasteiger partial charge in [-0.05, 0) is 75.6 Å². The van der Waals surface area contributed by atoms with Crippen molar-refractivity contribution >= 4 is 22.6 Å². The highest BCUT2D eigenvalue weighted by atomic mass is 32.2. The van der Waals surface area contributed by atoms with Gasteiger partial charge in [-0.2, -0.15) is 5.26 Å². The predicted octanol–water partition coefficient (Wildman–Crippen LogP) is 4.70. The molecule has 0 saturated carbocycles. The van der Waals surface area contributed by atoms with Crippen LogP contribution in [0.1, 0.15) is 44.7 Å². The lowest BCUT2D eigenvalue weighted by Crippen LogP contribution is -2.48. The van der Waals surface area contributed by atoms with Crippen LogP contribution in [0.4, 0.5) is 10.5 Å². The van der Waals surface area contributed by atoms with Crippen molar-refractivity contribution in [3.63, 3.8) is 0 Å². The first-order valence-corrected chi connectivity index (χ1v) is 12.4. The Morgan fingerprint density at radius 1 is 1.19 bits per heavy atom. The molecule has 1 aliphatic rings. The van der Waals surface area contributed by atoms with Gasteiger partial charge in [0.15, 0.2) is 0 Å². The molecule has 0 spiro atoms. The number of hydrogen-bond donors (Lipinski definition) is 0. The topological polar surface area (TPSA) is 73.6 Å². The molecular weight excluding hydrogens is 422 g/mol. The van der Waals surface area contributed by atoms with Crippen molar-refractivity contribution < 1.29 is 13.7 Å². The van der Waals surface area contributed by atoms with E-state index in [0.29, 0.717) is 25.2 Å². The van der Waals surface area contributed by atoms with Gasteiger partial charge in [-0.3, -0.25) is 4.21 Å². The van der Waals surface area contributed by atoms with E-state index >= 15 is 0 Å². The molecule has 1 aliphatic heterocycles. The maximum absolute atomic E-state index is 12.5. The molecule has 0 radical (unpaired) electrons. The van der Waals surface area contributed by atoms with Crippen molar-refractivity contribution in [2.75, 3.05) is 24.2 Å². The zero-order chi connectivity index (χ0) is 23.3. The minimum absolute atomic E-state index is 0.234. The van der Waals surface area contributed by atoms with Crippen LogP contribution in [0.5, 0.6) is 0 Å². The highest BCUT2D eigenvalue weighted by Crippen LogP contribution is 2.27. The van der Waals surface area contributed by atoms with Crippen LogP contribution >= 0.6 is 0 Å². The van der Waals surface area contributed by atoms with E-state index in [1.54, 1.807) is 17.2 Å². The van der Waals surface area contributed by atoms with Gasteiger partial charge in [0, 0.05) is 53.3 Å². The summed E-state index contributed by atoms with van der Waals surface area (Å²) in [5.74, 6) is 0. The monoisotopic (exact) mass is 453 g/mol. The summed E-state index contributed by atoms with van der Waals surface area (Å²) < 4.78 is 17.3. The molecule has 2 aromatic carbocycles. The van der Waals surface area contributed by atoms with Gasteiger partial charge in [-0.15, -0.1) is 0 Å². The molecule has 0 aliphatic carbocycles. The Morgan fingerprint density at radius 3 is 2.41 bits per heavy atom. The van der Waals surface area contributed by atoms with Crippen LogP contribution in [0.2, 0.25) is 0 Å². The molecule has 1 saturated heterocycles. The number of carbonyl (C=O) groups is 1. The van der Waals surface area contributed by atoms with Gasteiger partial charge in [0.1, 0.15) is 5.60 Å². The summed E-state index contributed by atoms with van der Waals surface area (Å²) in [6, 6.07) is 17.9. The molecule has 1 amide bonds. The lowest BCUT2D eigenvalue weighted by molar-refractivity contribution is 0.0204.